The van der Waals surface area contributed by atoms with Gasteiger partial charge in [0.15, 0.2) is 0 Å². The number of para-hydroxylation sites is 2. The van der Waals surface area contributed by atoms with Crippen LogP contribution in [0.4, 0.5) is 19.5 Å². The van der Waals surface area contributed by atoms with Gasteiger partial charge in [-0.25, -0.2) is 0 Å². The van der Waals surface area contributed by atoms with Gasteiger partial charge in [-0.1, -0.05) is 12.1 Å². The minimum atomic E-state index is -2.98. The number of hydrogen-bond donors (Lipinski definition) is 2. The number of thiophene rings is 1. The number of carbonyl (C=O) groups excluding carboxylic acids is 2. The number of halogens is 2. The fraction of sp³-hybridized carbons (Fsp3) is 0.294. The maximum absolute atomic E-state index is 12.5. The van der Waals surface area contributed by atoms with E-state index in [4.69, 9.17) is 0 Å². The largest absolute Gasteiger partial charge is 0.433 e. The van der Waals surface area contributed by atoms with Crippen molar-refractivity contribution < 1.29 is 23.1 Å². The number of nitrogens with one attached hydrogen (secondary N) is 2. The second kappa shape index (κ2) is 7.18. The molecule has 132 valence electrons. The van der Waals surface area contributed by atoms with Crippen LogP contribution < -0.4 is 15.4 Å². The number of amides is 2. The lowest BCUT2D eigenvalue weighted by Crippen LogP contribution is -2.13. The van der Waals surface area contributed by atoms with E-state index in [9.17, 15) is 18.4 Å². The van der Waals surface area contributed by atoms with Crippen LogP contribution in [-0.2, 0) is 4.79 Å². The summed E-state index contributed by atoms with van der Waals surface area (Å²) in [7, 11) is 0. The molecular weight excluding hydrogens is 350 g/mol. The number of anilines is 2. The first-order valence-electron chi connectivity index (χ1n) is 7.70. The van der Waals surface area contributed by atoms with E-state index in [0.29, 0.717) is 15.4 Å². The number of ether oxygens (including phenoxy) is 1. The summed E-state index contributed by atoms with van der Waals surface area (Å²) < 4.78 is 29.3. The van der Waals surface area contributed by atoms with E-state index >= 15 is 0 Å². The van der Waals surface area contributed by atoms with Gasteiger partial charge in [0.25, 0.3) is 5.91 Å². The highest BCUT2D eigenvalue weighted by atomic mass is 32.1. The molecule has 0 spiro atoms. The molecule has 1 fully saturated rings. The molecule has 0 saturated heterocycles. The van der Waals surface area contributed by atoms with Gasteiger partial charge < -0.3 is 15.4 Å². The number of benzene rings is 1. The van der Waals surface area contributed by atoms with Gasteiger partial charge in [-0.3, -0.25) is 9.59 Å². The maximum atomic E-state index is 12.5. The fourth-order valence-electron chi connectivity index (χ4n) is 2.29. The van der Waals surface area contributed by atoms with Crippen molar-refractivity contribution in [3.8, 4) is 5.75 Å². The van der Waals surface area contributed by atoms with Crippen molar-refractivity contribution in [3.05, 3.63) is 40.8 Å². The van der Waals surface area contributed by atoms with Gasteiger partial charge in [-0.05, 0) is 43.5 Å². The van der Waals surface area contributed by atoms with E-state index in [1.54, 1.807) is 19.1 Å². The maximum Gasteiger partial charge on any atom is 0.387 e. The molecule has 1 aliphatic rings. The summed E-state index contributed by atoms with van der Waals surface area (Å²) in [4.78, 5) is 24.7. The fourth-order valence-corrected chi connectivity index (χ4v) is 3.26. The van der Waals surface area contributed by atoms with Gasteiger partial charge in [0.2, 0.25) is 5.91 Å². The molecule has 3 rings (SSSR count). The quantitative estimate of drug-likeness (QED) is 0.803. The minimum Gasteiger partial charge on any atom is -0.433 e. The molecule has 25 heavy (non-hydrogen) atoms. The predicted octanol–water partition coefficient (Wildman–Crippen LogP) is 4.26. The third kappa shape index (κ3) is 4.33. The Morgan fingerprint density at radius 1 is 1.24 bits per heavy atom. The standard InChI is InChI=1S/C17H16F2N2O3S/c1-9-8-13(21-15(22)10-6-7-10)25-14(9)16(23)20-11-4-2-3-5-12(11)24-17(18)19/h2-5,8,10,17H,6-7H2,1H3,(H,20,23)(H,21,22). The summed E-state index contributed by atoms with van der Waals surface area (Å²) >= 11 is 1.15. The molecule has 1 aliphatic carbocycles. The van der Waals surface area contributed by atoms with Gasteiger partial charge in [0.05, 0.1) is 15.6 Å². The summed E-state index contributed by atoms with van der Waals surface area (Å²) in [5.41, 5.74) is 0.852. The van der Waals surface area contributed by atoms with Crippen LogP contribution in [0.1, 0.15) is 28.1 Å². The Labute approximate surface area is 147 Å². The van der Waals surface area contributed by atoms with Crippen LogP contribution in [0.3, 0.4) is 0 Å². The van der Waals surface area contributed by atoms with E-state index in [2.05, 4.69) is 15.4 Å². The average Bonchev–Trinajstić information content (AvgIpc) is 3.33. The van der Waals surface area contributed by atoms with Gasteiger partial charge in [0, 0.05) is 5.92 Å². The first-order valence-corrected chi connectivity index (χ1v) is 8.52. The number of carbonyl (C=O) groups is 2. The molecule has 2 N–H and O–H groups in total. The van der Waals surface area contributed by atoms with Crippen LogP contribution in [-0.4, -0.2) is 18.4 Å². The van der Waals surface area contributed by atoms with Crippen molar-refractivity contribution in [2.24, 2.45) is 5.92 Å². The molecule has 0 bridgehead atoms. The summed E-state index contributed by atoms with van der Waals surface area (Å²) in [5, 5.41) is 5.97. The van der Waals surface area contributed by atoms with Crippen molar-refractivity contribution in [2.75, 3.05) is 10.6 Å². The van der Waals surface area contributed by atoms with Crippen LogP contribution >= 0.6 is 11.3 Å². The molecular formula is C17H16F2N2O3S. The van der Waals surface area contributed by atoms with Crippen molar-refractivity contribution in [1.82, 2.24) is 0 Å². The summed E-state index contributed by atoms with van der Waals surface area (Å²) in [6, 6.07) is 7.70. The SMILES string of the molecule is Cc1cc(NC(=O)C2CC2)sc1C(=O)Nc1ccccc1OC(F)F. The first kappa shape index (κ1) is 17.3. The smallest absolute Gasteiger partial charge is 0.387 e. The average molecular weight is 366 g/mol. The van der Waals surface area contributed by atoms with Gasteiger partial charge >= 0.3 is 6.61 Å². The Bertz CT molecular complexity index is 803. The van der Waals surface area contributed by atoms with E-state index in [1.807, 2.05) is 0 Å². The van der Waals surface area contributed by atoms with Crippen molar-refractivity contribution in [1.29, 1.82) is 0 Å². The second-order valence-electron chi connectivity index (χ2n) is 5.72. The molecule has 1 aromatic carbocycles. The topological polar surface area (TPSA) is 67.4 Å². The van der Waals surface area contributed by atoms with E-state index in [0.717, 1.165) is 24.2 Å². The van der Waals surface area contributed by atoms with E-state index in [-0.39, 0.29) is 23.3 Å². The lowest BCUT2D eigenvalue weighted by Gasteiger charge is -2.11. The molecule has 2 aromatic rings. The molecule has 0 atom stereocenters. The molecule has 1 aromatic heterocycles. The zero-order valence-corrected chi connectivity index (χ0v) is 14.2. The van der Waals surface area contributed by atoms with Crippen molar-refractivity contribution >= 4 is 33.8 Å². The molecule has 1 heterocycles. The van der Waals surface area contributed by atoms with Crippen LogP contribution in [0.15, 0.2) is 30.3 Å². The highest BCUT2D eigenvalue weighted by molar-refractivity contribution is 7.18. The lowest BCUT2D eigenvalue weighted by molar-refractivity contribution is -0.117. The second-order valence-corrected chi connectivity index (χ2v) is 6.77. The van der Waals surface area contributed by atoms with Crippen LogP contribution in [0.5, 0.6) is 5.75 Å². The molecule has 5 nitrogen and oxygen atoms in total. The van der Waals surface area contributed by atoms with E-state index < -0.39 is 12.5 Å². The van der Waals surface area contributed by atoms with Crippen LogP contribution in [0.2, 0.25) is 0 Å². The number of aryl methyl sites for hydroxylation is 1. The monoisotopic (exact) mass is 366 g/mol. The van der Waals surface area contributed by atoms with Crippen molar-refractivity contribution in [3.63, 3.8) is 0 Å². The molecule has 0 radical (unpaired) electrons. The Kier molecular flexibility index (Phi) is 4.98. The van der Waals surface area contributed by atoms with E-state index in [1.165, 1.54) is 18.2 Å². The molecule has 8 heteroatoms. The lowest BCUT2D eigenvalue weighted by atomic mass is 10.2. The normalized spacial score (nSPS) is 13.6. The van der Waals surface area contributed by atoms with Crippen molar-refractivity contribution in [2.45, 2.75) is 26.4 Å². The highest BCUT2D eigenvalue weighted by Crippen LogP contribution is 2.33. The van der Waals surface area contributed by atoms with Gasteiger partial charge in [0.1, 0.15) is 5.75 Å². The first-order chi connectivity index (χ1) is 11.9. The van der Waals surface area contributed by atoms with Crippen LogP contribution in [0, 0.1) is 12.8 Å². The Hall–Kier alpha value is -2.48. The summed E-state index contributed by atoms with van der Waals surface area (Å²) in [5.74, 6) is -0.524. The molecule has 0 unspecified atom stereocenters. The summed E-state index contributed by atoms with van der Waals surface area (Å²) in [6.45, 7) is -1.23. The zero-order chi connectivity index (χ0) is 18.0. The summed E-state index contributed by atoms with van der Waals surface area (Å²) in [6.07, 6.45) is 1.79. The Balaban J connectivity index is 1.73. The Morgan fingerprint density at radius 2 is 1.96 bits per heavy atom. The predicted molar refractivity (Wildman–Crippen MR) is 91.4 cm³/mol. The Morgan fingerprint density at radius 3 is 2.64 bits per heavy atom. The highest BCUT2D eigenvalue weighted by Gasteiger charge is 2.30. The third-order valence-corrected chi connectivity index (χ3v) is 4.82. The van der Waals surface area contributed by atoms with Crippen LogP contribution in [0.25, 0.3) is 0 Å². The minimum absolute atomic E-state index is 0.0381. The molecule has 0 aliphatic heterocycles. The number of hydrogen-bond acceptors (Lipinski definition) is 4. The molecule has 1 saturated carbocycles. The zero-order valence-electron chi connectivity index (χ0n) is 13.3. The van der Waals surface area contributed by atoms with Gasteiger partial charge in [-0.2, -0.15) is 8.78 Å². The third-order valence-electron chi connectivity index (χ3n) is 3.67. The molecule has 2 amide bonds. The number of rotatable bonds is 6. The number of alkyl halides is 2. The van der Waals surface area contributed by atoms with Gasteiger partial charge in [-0.15, -0.1) is 11.3 Å².